The first kappa shape index (κ1) is 22.1. The van der Waals surface area contributed by atoms with Gasteiger partial charge in [-0.1, -0.05) is 6.07 Å². The molecule has 0 aliphatic carbocycles. The van der Waals surface area contributed by atoms with Crippen LogP contribution in [0.25, 0.3) is 10.6 Å². The summed E-state index contributed by atoms with van der Waals surface area (Å²) in [7, 11) is 4.65. The molecule has 0 radical (unpaired) electrons. The van der Waals surface area contributed by atoms with E-state index >= 15 is 0 Å². The van der Waals surface area contributed by atoms with Crippen molar-refractivity contribution < 1.29 is 23.8 Å². The smallest absolute Gasteiger partial charge is 0.271 e. The lowest BCUT2D eigenvalue weighted by atomic mass is 10.2. The molecule has 0 saturated carbocycles. The summed E-state index contributed by atoms with van der Waals surface area (Å²) in [5.74, 6) is 0.924. The number of methoxy groups -OCH3 is 3. The van der Waals surface area contributed by atoms with Gasteiger partial charge in [-0.3, -0.25) is 9.59 Å². The number of anilines is 1. The molecule has 162 valence electrons. The summed E-state index contributed by atoms with van der Waals surface area (Å²) in [6.45, 7) is 1.72. The van der Waals surface area contributed by atoms with Crippen molar-refractivity contribution in [3.05, 3.63) is 53.0 Å². The van der Waals surface area contributed by atoms with Gasteiger partial charge >= 0.3 is 0 Å². The van der Waals surface area contributed by atoms with Gasteiger partial charge in [-0.2, -0.15) is 0 Å². The summed E-state index contributed by atoms with van der Waals surface area (Å²) in [5.41, 5.74) is 2.55. The second-order valence-corrected chi connectivity index (χ2v) is 7.40. The number of ether oxygens (including phenoxy) is 3. The molecule has 0 atom stereocenters. The summed E-state index contributed by atoms with van der Waals surface area (Å²) >= 11 is 1.32. The molecule has 2 N–H and O–H groups in total. The molecule has 0 saturated heterocycles. The molecule has 0 aliphatic rings. The molecule has 0 unspecified atom stereocenters. The van der Waals surface area contributed by atoms with Crippen molar-refractivity contribution in [2.24, 2.45) is 0 Å². The lowest BCUT2D eigenvalue weighted by Gasteiger charge is -2.11. The third-order valence-corrected chi connectivity index (χ3v) is 5.30. The molecule has 1 aromatic heterocycles. The predicted octanol–water partition coefficient (Wildman–Crippen LogP) is 3.51. The van der Waals surface area contributed by atoms with Crippen LogP contribution in [0.2, 0.25) is 0 Å². The van der Waals surface area contributed by atoms with Gasteiger partial charge < -0.3 is 24.8 Å². The number of carbonyl (C=O) groups is 2. The third-order valence-electron chi connectivity index (χ3n) is 4.41. The molecule has 8 nitrogen and oxygen atoms in total. The first-order valence-electron chi connectivity index (χ1n) is 9.35. The van der Waals surface area contributed by atoms with Gasteiger partial charge in [0.15, 0.2) is 11.5 Å². The Hall–Kier alpha value is -3.59. The molecule has 3 rings (SSSR count). The van der Waals surface area contributed by atoms with Crippen LogP contribution in [0.4, 0.5) is 5.69 Å². The van der Waals surface area contributed by atoms with Crippen molar-refractivity contribution in [1.82, 2.24) is 10.3 Å². The minimum absolute atomic E-state index is 0.195. The zero-order valence-electron chi connectivity index (χ0n) is 17.6. The first-order valence-corrected chi connectivity index (χ1v) is 10.2. The van der Waals surface area contributed by atoms with Gasteiger partial charge in [-0.25, -0.2) is 4.98 Å². The Kier molecular flexibility index (Phi) is 7.09. The standard InChI is InChI=1S/C22H23N3O5S/c1-13-5-7-17(28-2)15(9-13)24-20(26)11-23-21(27)16-12-31-22(25-16)14-6-8-18(29-3)19(10-14)30-4/h5-10,12H,11H2,1-4H3,(H,23,27)(H,24,26). The number of nitrogens with one attached hydrogen (secondary N) is 2. The van der Waals surface area contributed by atoms with Crippen LogP contribution in [0.3, 0.4) is 0 Å². The second kappa shape index (κ2) is 9.94. The lowest BCUT2D eigenvalue weighted by molar-refractivity contribution is -0.115. The Morgan fingerprint density at radius 3 is 2.39 bits per heavy atom. The number of nitrogens with zero attached hydrogens (tertiary/aromatic N) is 1. The number of hydrogen-bond acceptors (Lipinski definition) is 7. The number of amides is 2. The SMILES string of the molecule is COc1ccc(C)cc1NC(=O)CNC(=O)c1csc(-c2ccc(OC)c(OC)c2)n1. The van der Waals surface area contributed by atoms with Crippen molar-refractivity contribution in [1.29, 1.82) is 0 Å². The van der Waals surface area contributed by atoms with Crippen LogP contribution in [-0.4, -0.2) is 44.7 Å². The minimum atomic E-state index is -0.436. The minimum Gasteiger partial charge on any atom is -0.495 e. The monoisotopic (exact) mass is 441 g/mol. The highest BCUT2D eigenvalue weighted by molar-refractivity contribution is 7.13. The van der Waals surface area contributed by atoms with E-state index in [4.69, 9.17) is 14.2 Å². The normalized spacial score (nSPS) is 10.3. The summed E-state index contributed by atoms with van der Waals surface area (Å²) < 4.78 is 15.8. The Morgan fingerprint density at radius 1 is 0.968 bits per heavy atom. The zero-order chi connectivity index (χ0) is 22.4. The Balaban J connectivity index is 1.63. The summed E-state index contributed by atoms with van der Waals surface area (Å²) in [6.07, 6.45) is 0. The fourth-order valence-electron chi connectivity index (χ4n) is 2.84. The van der Waals surface area contributed by atoms with E-state index in [1.165, 1.54) is 18.4 Å². The molecule has 2 amide bonds. The van der Waals surface area contributed by atoms with Crippen molar-refractivity contribution in [3.8, 4) is 27.8 Å². The Bertz CT molecular complexity index is 1100. The van der Waals surface area contributed by atoms with Crippen molar-refractivity contribution >= 4 is 28.8 Å². The largest absolute Gasteiger partial charge is 0.495 e. The number of aryl methyl sites for hydroxylation is 1. The van der Waals surface area contributed by atoms with Crippen molar-refractivity contribution in [2.75, 3.05) is 33.2 Å². The summed E-state index contributed by atoms with van der Waals surface area (Å²) in [5, 5.41) is 7.62. The van der Waals surface area contributed by atoms with E-state index in [1.54, 1.807) is 43.9 Å². The molecular formula is C22H23N3O5S. The highest BCUT2D eigenvalue weighted by atomic mass is 32.1. The summed E-state index contributed by atoms with van der Waals surface area (Å²) in [4.78, 5) is 29.1. The molecule has 0 aliphatic heterocycles. The number of benzene rings is 2. The molecule has 0 spiro atoms. The number of aromatic nitrogens is 1. The molecule has 9 heteroatoms. The predicted molar refractivity (Wildman–Crippen MR) is 119 cm³/mol. The summed E-state index contributed by atoms with van der Waals surface area (Å²) in [6, 6.07) is 10.9. The van der Waals surface area contributed by atoms with E-state index in [1.807, 2.05) is 19.1 Å². The van der Waals surface area contributed by atoms with Crippen LogP contribution in [0.5, 0.6) is 17.2 Å². The van der Waals surface area contributed by atoms with Crippen molar-refractivity contribution in [2.45, 2.75) is 6.92 Å². The van der Waals surface area contributed by atoms with Gasteiger partial charge in [-0.05, 0) is 42.8 Å². The van der Waals surface area contributed by atoms with Crippen LogP contribution >= 0.6 is 11.3 Å². The van der Waals surface area contributed by atoms with Crippen LogP contribution in [0.1, 0.15) is 16.1 Å². The van der Waals surface area contributed by atoms with Gasteiger partial charge in [0.05, 0.1) is 33.6 Å². The molecule has 0 fully saturated rings. The maximum Gasteiger partial charge on any atom is 0.271 e. The quantitative estimate of drug-likeness (QED) is 0.555. The number of hydrogen-bond donors (Lipinski definition) is 2. The van der Waals surface area contributed by atoms with E-state index in [9.17, 15) is 9.59 Å². The number of thiazole rings is 1. The maximum absolute atomic E-state index is 12.4. The molecule has 2 aromatic carbocycles. The van der Waals surface area contributed by atoms with E-state index in [-0.39, 0.29) is 18.1 Å². The van der Waals surface area contributed by atoms with Crippen LogP contribution in [0, 0.1) is 6.92 Å². The first-order chi connectivity index (χ1) is 14.9. The third kappa shape index (κ3) is 5.32. The van der Waals surface area contributed by atoms with Gasteiger partial charge in [0.1, 0.15) is 16.5 Å². The average molecular weight is 442 g/mol. The van der Waals surface area contributed by atoms with Crippen LogP contribution < -0.4 is 24.8 Å². The van der Waals surface area contributed by atoms with Gasteiger partial charge in [-0.15, -0.1) is 11.3 Å². The molecule has 1 heterocycles. The van der Waals surface area contributed by atoms with E-state index in [2.05, 4.69) is 15.6 Å². The van der Waals surface area contributed by atoms with Gasteiger partial charge in [0.25, 0.3) is 5.91 Å². The number of rotatable bonds is 8. The van der Waals surface area contributed by atoms with Crippen molar-refractivity contribution in [3.63, 3.8) is 0 Å². The van der Waals surface area contributed by atoms with E-state index < -0.39 is 5.91 Å². The molecular weight excluding hydrogens is 418 g/mol. The van der Waals surface area contributed by atoms with Gasteiger partial charge in [0.2, 0.25) is 5.91 Å². The van der Waals surface area contributed by atoms with E-state index in [0.29, 0.717) is 27.9 Å². The Morgan fingerprint density at radius 2 is 1.68 bits per heavy atom. The fraction of sp³-hybridized carbons (Fsp3) is 0.227. The molecule has 3 aromatic rings. The van der Waals surface area contributed by atoms with Gasteiger partial charge in [0, 0.05) is 10.9 Å². The van der Waals surface area contributed by atoms with Crippen LogP contribution in [-0.2, 0) is 4.79 Å². The Labute approximate surface area is 184 Å². The molecule has 0 bridgehead atoms. The highest BCUT2D eigenvalue weighted by Crippen LogP contribution is 2.33. The van der Waals surface area contributed by atoms with E-state index in [0.717, 1.165) is 11.1 Å². The fourth-order valence-corrected chi connectivity index (χ4v) is 3.64. The molecule has 31 heavy (non-hydrogen) atoms. The van der Waals surface area contributed by atoms with Crippen LogP contribution in [0.15, 0.2) is 41.8 Å². The zero-order valence-corrected chi connectivity index (χ0v) is 18.5. The highest BCUT2D eigenvalue weighted by Gasteiger charge is 2.15. The topological polar surface area (TPSA) is 98.8 Å². The average Bonchev–Trinajstić information content (AvgIpc) is 3.27. The number of carbonyl (C=O) groups excluding carboxylic acids is 2. The lowest BCUT2D eigenvalue weighted by Crippen LogP contribution is -2.33. The second-order valence-electron chi connectivity index (χ2n) is 6.54. The maximum atomic E-state index is 12.4.